The molecule has 2 nitrogen and oxygen atoms in total. The second kappa shape index (κ2) is 3.18. The molecule has 0 aromatic carbocycles. The predicted molar refractivity (Wildman–Crippen MR) is 52.5 cm³/mol. The van der Waals surface area contributed by atoms with Crippen LogP contribution in [0.5, 0.6) is 0 Å². The number of hydrogen-bond donors (Lipinski definition) is 1. The summed E-state index contributed by atoms with van der Waals surface area (Å²) in [5.74, 6) is 2.84. The average molecular weight is 179 g/mol. The van der Waals surface area contributed by atoms with E-state index in [1.807, 2.05) is 13.8 Å². The summed E-state index contributed by atoms with van der Waals surface area (Å²) in [6, 6.07) is 2.26. The third-order valence-electron chi connectivity index (χ3n) is 2.76. The second-order valence-corrected chi connectivity index (χ2v) is 4.15. The van der Waals surface area contributed by atoms with Gasteiger partial charge in [0, 0.05) is 11.6 Å². The van der Waals surface area contributed by atoms with Crippen molar-refractivity contribution in [1.82, 2.24) is 0 Å². The standard InChI is InChI=1S/C11H17NO/c1-7-5-10(8(2)13-7)11(12)6-9-3-4-9/h5,9,11H,3-4,6,12H2,1-2H3. The summed E-state index contributed by atoms with van der Waals surface area (Å²) < 4.78 is 5.46. The Hall–Kier alpha value is -0.760. The Kier molecular flexibility index (Phi) is 2.16. The van der Waals surface area contributed by atoms with Crippen molar-refractivity contribution in [3.63, 3.8) is 0 Å². The van der Waals surface area contributed by atoms with E-state index in [2.05, 4.69) is 6.07 Å². The van der Waals surface area contributed by atoms with Gasteiger partial charge >= 0.3 is 0 Å². The molecule has 1 aliphatic rings. The van der Waals surface area contributed by atoms with Crippen LogP contribution in [0.1, 0.15) is 42.4 Å². The van der Waals surface area contributed by atoms with Crippen LogP contribution in [0.25, 0.3) is 0 Å². The third kappa shape index (κ3) is 1.94. The number of aryl methyl sites for hydroxylation is 2. The Balaban J connectivity index is 2.08. The molecule has 2 N–H and O–H groups in total. The van der Waals surface area contributed by atoms with Crippen LogP contribution in [-0.4, -0.2) is 0 Å². The minimum absolute atomic E-state index is 0.185. The highest BCUT2D eigenvalue weighted by molar-refractivity contribution is 5.23. The Labute approximate surface area is 79.1 Å². The van der Waals surface area contributed by atoms with E-state index in [1.54, 1.807) is 0 Å². The van der Waals surface area contributed by atoms with E-state index in [9.17, 15) is 0 Å². The molecule has 0 amide bonds. The summed E-state index contributed by atoms with van der Waals surface area (Å²) in [7, 11) is 0. The molecule has 1 heterocycles. The van der Waals surface area contributed by atoms with Gasteiger partial charge in [0.2, 0.25) is 0 Å². The van der Waals surface area contributed by atoms with Crippen LogP contribution < -0.4 is 5.73 Å². The van der Waals surface area contributed by atoms with Crippen molar-refractivity contribution < 1.29 is 4.42 Å². The molecule has 0 spiro atoms. The van der Waals surface area contributed by atoms with Crippen molar-refractivity contribution in [2.75, 3.05) is 0 Å². The lowest BCUT2D eigenvalue weighted by molar-refractivity contribution is 0.492. The van der Waals surface area contributed by atoms with Crippen molar-refractivity contribution in [3.8, 4) is 0 Å². The summed E-state index contributed by atoms with van der Waals surface area (Å²) in [5.41, 5.74) is 7.29. The fourth-order valence-corrected chi connectivity index (χ4v) is 1.86. The topological polar surface area (TPSA) is 39.2 Å². The van der Waals surface area contributed by atoms with Gasteiger partial charge in [-0.25, -0.2) is 0 Å². The second-order valence-electron chi connectivity index (χ2n) is 4.15. The molecule has 0 bridgehead atoms. The smallest absolute Gasteiger partial charge is 0.105 e. The number of rotatable bonds is 3. The summed E-state index contributed by atoms with van der Waals surface area (Å²) in [6.45, 7) is 3.97. The Morgan fingerprint density at radius 3 is 2.69 bits per heavy atom. The van der Waals surface area contributed by atoms with E-state index < -0.39 is 0 Å². The van der Waals surface area contributed by atoms with Crippen molar-refractivity contribution in [2.24, 2.45) is 11.7 Å². The Bertz CT molecular complexity index is 299. The molecule has 2 rings (SSSR count). The summed E-state index contributed by atoms with van der Waals surface area (Å²) in [5, 5.41) is 0. The number of furan rings is 1. The lowest BCUT2D eigenvalue weighted by Gasteiger charge is -2.08. The summed E-state index contributed by atoms with van der Waals surface area (Å²) in [4.78, 5) is 0. The van der Waals surface area contributed by atoms with Gasteiger partial charge in [0.1, 0.15) is 11.5 Å². The molecule has 0 aliphatic heterocycles. The maximum Gasteiger partial charge on any atom is 0.105 e. The van der Waals surface area contributed by atoms with E-state index in [1.165, 1.54) is 18.4 Å². The van der Waals surface area contributed by atoms with Crippen molar-refractivity contribution in [2.45, 2.75) is 39.2 Å². The highest BCUT2D eigenvalue weighted by Gasteiger charge is 2.25. The molecule has 1 atom stereocenters. The molecule has 0 radical (unpaired) electrons. The molecule has 0 saturated heterocycles. The zero-order valence-corrected chi connectivity index (χ0v) is 8.34. The first-order chi connectivity index (χ1) is 6.16. The van der Waals surface area contributed by atoms with E-state index in [-0.39, 0.29) is 6.04 Å². The van der Waals surface area contributed by atoms with Gasteiger partial charge in [-0.05, 0) is 32.3 Å². The van der Waals surface area contributed by atoms with Crippen LogP contribution in [0, 0.1) is 19.8 Å². The fourth-order valence-electron chi connectivity index (χ4n) is 1.86. The van der Waals surface area contributed by atoms with Crippen molar-refractivity contribution in [1.29, 1.82) is 0 Å². The molecule has 1 unspecified atom stereocenters. The Morgan fingerprint density at radius 1 is 1.54 bits per heavy atom. The van der Waals surface area contributed by atoms with Gasteiger partial charge in [-0.2, -0.15) is 0 Å². The van der Waals surface area contributed by atoms with Crippen molar-refractivity contribution in [3.05, 3.63) is 23.2 Å². The predicted octanol–water partition coefficient (Wildman–Crippen LogP) is 2.70. The number of hydrogen-bond acceptors (Lipinski definition) is 2. The van der Waals surface area contributed by atoms with Crippen LogP contribution in [0.4, 0.5) is 0 Å². The van der Waals surface area contributed by atoms with E-state index >= 15 is 0 Å². The quantitative estimate of drug-likeness (QED) is 0.774. The molecular weight excluding hydrogens is 162 g/mol. The summed E-state index contributed by atoms with van der Waals surface area (Å²) in [6.07, 6.45) is 3.85. The molecular formula is C11H17NO. The monoisotopic (exact) mass is 179 g/mol. The highest BCUT2D eigenvalue weighted by atomic mass is 16.3. The summed E-state index contributed by atoms with van der Waals surface area (Å²) >= 11 is 0. The Morgan fingerprint density at radius 2 is 2.23 bits per heavy atom. The van der Waals surface area contributed by atoms with E-state index in [0.717, 1.165) is 23.9 Å². The maximum absolute atomic E-state index is 6.09. The largest absolute Gasteiger partial charge is 0.466 e. The minimum atomic E-state index is 0.185. The molecule has 72 valence electrons. The van der Waals surface area contributed by atoms with Gasteiger partial charge in [-0.3, -0.25) is 0 Å². The zero-order valence-electron chi connectivity index (χ0n) is 8.34. The van der Waals surface area contributed by atoms with Crippen LogP contribution in [0.3, 0.4) is 0 Å². The fraction of sp³-hybridized carbons (Fsp3) is 0.636. The molecule has 1 saturated carbocycles. The van der Waals surface area contributed by atoms with Gasteiger partial charge in [-0.1, -0.05) is 12.8 Å². The van der Waals surface area contributed by atoms with Gasteiger partial charge in [0.15, 0.2) is 0 Å². The van der Waals surface area contributed by atoms with Gasteiger partial charge in [0.05, 0.1) is 0 Å². The van der Waals surface area contributed by atoms with Gasteiger partial charge in [-0.15, -0.1) is 0 Å². The molecule has 1 fully saturated rings. The van der Waals surface area contributed by atoms with Crippen LogP contribution in [-0.2, 0) is 0 Å². The van der Waals surface area contributed by atoms with Gasteiger partial charge in [0.25, 0.3) is 0 Å². The van der Waals surface area contributed by atoms with E-state index in [0.29, 0.717) is 0 Å². The van der Waals surface area contributed by atoms with Crippen molar-refractivity contribution >= 4 is 0 Å². The maximum atomic E-state index is 6.09. The molecule has 1 aromatic heterocycles. The first-order valence-corrected chi connectivity index (χ1v) is 4.99. The zero-order chi connectivity index (χ0) is 9.42. The molecule has 2 heteroatoms. The minimum Gasteiger partial charge on any atom is -0.466 e. The first-order valence-electron chi connectivity index (χ1n) is 4.99. The molecule has 1 aliphatic carbocycles. The molecule has 1 aromatic rings. The normalized spacial score (nSPS) is 19.0. The van der Waals surface area contributed by atoms with Gasteiger partial charge < -0.3 is 10.2 Å². The SMILES string of the molecule is Cc1cc(C(N)CC2CC2)c(C)o1. The van der Waals surface area contributed by atoms with Crippen LogP contribution in [0.15, 0.2) is 10.5 Å². The number of nitrogens with two attached hydrogens (primary N) is 1. The average Bonchev–Trinajstić information content (AvgIpc) is 2.77. The van der Waals surface area contributed by atoms with Crippen LogP contribution >= 0.6 is 0 Å². The van der Waals surface area contributed by atoms with E-state index in [4.69, 9.17) is 10.2 Å². The highest BCUT2D eigenvalue weighted by Crippen LogP contribution is 2.37. The first kappa shape index (κ1) is 8.82. The lowest BCUT2D eigenvalue weighted by Crippen LogP contribution is -2.11. The molecule has 13 heavy (non-hydrogen) atoms. The van der Waals surface area contributed by atoms with Crippen LogP contribution in [0.2, 0.25) is 0 Å². The third-order valence-corrected chi connectivity index (χ3v) is 2.76. The lowest BCUT2D eigenvalue weighted by atomic mass is 10.0.